The lowest BCUT2D eigenvalue weighted by atomic mass is 10.1. The molecule has 1 aliphatic heterocycles. The molecule has 0 aromatic heterocycles. The molecule has 1 amide bonds. The number of alkyl halides is 3. The number of benzene rings is 1. The van der Waals surface area contributed by atoms with E-state index < -0.39 is 46.1 Å². The molecule has 1 saturated heterocycles. The van der Waals surface area contributed by atoms with Gasteiger partial charge in [-0.1, -0.05) is 6.07 Å². The molecule has 1 aromatic rings. The van der Waals surface area contributed by atoms with Crippen LogP contribution in [0.25, 0.3) is 0 Å². The second kappa shape index (κ2) is 4.97. The van der Waals surface area contributed by atoms with Gasteiger partial charge in [0.05, 0.1) is 5.56 Å². The Balaban J connectivity index is 2.42. The van der Waals surface area contributed by atoms with Crippen LogP contribution in [0.2, 0.25) is 0 Å². The van der Waals surface area contributed by atoms with E-state index in [9.17, 15) is 30.3 Å². The van der Waals surface area contributed by atoms with Crippen LogP contribution >= 0.6 is 0 Å². The standard InChI is InChI=1S/C12H11F4NO3S/c1-7-9(12(13,14)15)3-2-4-10(7)17-6-8(5-11(17)18)21(16,19)20/h2-4,8H,5-6H2,1H3. The van der Waals surface area contributed by atoms with Gasteiger partial charge in [0.15, 0.2) is 0 Å². The first-order chi connectivity index (χ1) is 9.51. The molecule has 1 aromatic carbocycles. The third-order valence-electron chi connectivity index (χ3n) is 3.39. The normalized spacial score (nSPS) is 20.1. The number of hydrogen-bond donors (Lipinski definition) is 0. The molecule has 0 aliphatic carbocycles. The van der Waals surface area contributed by atoms with E-state index in [0.717, 1.165) is 17.0 Å². The smallest absolute Gasteiger partial charge is 0.311 e. The van der Waals surface area contributed by atoms with Crippen LogP contribution in [0.3, 0.4) is 0 Å². The zero-order valence-corrected chi connectivity index (χ0v) is 11.6. The average molecular weight is 325 g/mol. The molecule has 0 N–H and O–H groups in total. The molecule has 0 saturated carbocycles. The molecule has 1 heterocycles. The highest BCUT2D eigenvalue weighted by atomic mass is 32.3. The highest BCUT2D eigenvalue weighted by Crippen LogP contribution is 2.37. The van der Waals surface area contributed by atoms with Crippen LogP contribution < -0.4 is 4.90 Å². The molecule has 1 aliphatic rings. The topological polar surface area (TPSA) is 54.5 Å². The van der Waals surface area contributed by atoms with E-state index in [1.54, 1.807) is 0 Å². The third-order valence-corrected chi connectivity index (χ3v) is 4.50. The lowest BCUT2D eigenvalue weighted by Gasteiger charge is -2.21. The van der Waals surface area contributed by atoms with Gasteiger partial charge < -0.3 is 4.90 Å². The summed E-state index contributed by atoms with van der Waals surface area (Å²) in [6, 6.07) is 3.26. The van der Waals surface area contributed by atoms with E-state index in [1.165, 1.54) is 13.0 Å². The summed E-state index contributed by atoms with van der Waals surface area (Å²) in [6.07, 6.45) is -5.16. The maximum absolute atomic E-state index is 12.9. The van der Waals surface area contributed by atoms with Crippen molar-refractivity contribution in [2.75, 3.05) is 11.4 Å². The quantitative estimate of drug-likeness (QED) is 0.620. The number of amides is 1. The maximum atomic E-state index is 12.9. The van der Waals surface area contributed by atoms with Gasteiger partial charge in [0.2, 0.25) is 5.91 Å². The molecule has 21 heavy (non-hydrogen) atoms. The second-order valence-corrected chi connectivity index (χ2v) is 6.37. The summed E-state index contributed by atoms with van der Waals surface area (Å²) in [6.45, 7) is 0.697. The van der Waals surface area contributed by atoms with Crippen LogP contribution in [-0.4, -0.2) is 26.1 Å². The van der Waals surface area contributed by atoms with E-state index in [4.69, 9.17) is 0 Å². The van der Waals surface area contributed by atoms with Crippen LogP contribution in [0.4, 0.5) is 22.7 Å². The molecule has 9 heteroatoms. The first kappa shape index (κ1) is 15.7. The van der Waals surface area contributed by atoms with Gasteiger partial charge in [-0.25, -0.2) is 0 Å². The van der Waals surface area contributed by atoms with Gasteiger partial charge in [0.25, 0.3) is 0 Å². The highest BCUT2D eigenvalue weighted by molar-refractivity contribution is 7.87. The number of anilines is 1. The molecule has 1 unspecified atom stereocenters. The molecule has 1 atom stereocenters. The van der Waals surface area contributed by atoms with Crippen molar-refractivity contribution in [3.63, 3.8) is 0 Å². The minimum Gasteiger partial charge on any atom is -0.311 e. The highest BCUT2D eigenvalue weighted by Gasteiger charge is 2.41. The predicted octanol–water partition coefficient (Wildman–Crippen LogP) is 2.42. The Morgan fingerprint density at radius 1 is 1.29 bits per heavy atom. The Labute approximate surface area is 118 Å². The van der Waals surface area contributed by atoms with Crippen LogP contribution in [0.1, 0.15) is 17.5 Å². The molecule has 116 valence electrons. The van der Waals surface area contributed by atoms with Gasteiger partial charge in [-0.2, -0.15) is 21.6 Å². The van der Waals surface area contributed by atoms with Crippen molar-refractivity contribution in [3.8, 4) is 0 Å². The van der Waals surface area contributed by atoms with Gasteiger partial charge in [0, 0.05) is 18.7 Å². The van der Waals surface area contributed by atoms with Crippen molar-refractivity contribution >= 4 is 21.8 Å². The monoisotopic (exact) mass is 325 g/mol. The summed E-state index contributed by atoms with van der Waals surface area (Å²) in [5, 5.41) is -1.54. The van der Waals surface area contributed by atoms with Crippen molar-refractivity contribution in [1.82, 2.24) is 0 Å². The molecule has 0 bridgehead atoms. The number of nitrogens with zero attached hydrogens (tertiary/aromatic N) is 1. The largest absolute Gasteiger partial charge is 0.416 e. The van der Waals surface area contributed by atoms with Gasteiger partial charge in [0.1, 0.15) is 5.25 Å². The molecule has 1 fully saturated rings. The first-order valence-electron chi connectivity index (χ1n) is 5.92. The SMILES string of the molecule is Cc1c(N2CC(S(=O)(=O)F)CC2=O)cccc1C(F)(F)F. The van der Waals surface area contributed by atoms with Crippen molar-refractivity contribution in [2.24, 2.45) is 0 Å². The Hall–Kier alpha value is -1.64. The van der Waals surface area contributed by atoms with E-state index in [1.807, 2.05) is 0 Å². The Kier molecular flexibility index (Phi) is 3.73. The minimum atomic E-state index is -4.91. The van der Waals surface area contributed by atoms with Gasteiger partial charge in [-0.3, -0.25) is 4.79 Å². The minimum absolute atomic E-state index is 0.0547. The maximum Gasteiger partial charge on any atom is 0.416 e. The van der Waals surface area contributed by atoms with E-state index in [0.29, 0.717) is 0 Å². The predicted molar refractivity (Wildman–Crippen MR) is 67.0 cm³/mol. The number of rotatable bonds is 2. The average Bonchev–Trinajstić information content (AvgIpc) is 2.70. The zero-order valence-electron chi connectivity index (χ0n) is 10.8. The molecule has 2 rings (SSSR count). The molecule has 4 nitrogen and oxygen atoms in total. The fourth-order valence-corrected chi connectivity index (χ4v) is 2.99. The Bertz CT molecular complexity index is 684. The summed E-state index contributed by atoms with van der Waals surface area (Å²) in [7, 11) is -4.91. The second-order valence-electron chi connectivity index (χ2n) is 4.75. The summed E-state index contributed by atoms with van der Waals surface area (Å²) in [5.41, 5.74) is -1.17. The van der Waals surface area contributed by atoms with Gasteiger partial charge in [-0.15, -0.1) is 3.89 Å². The van der Waals surface area contributed by atoms with E-state index in [2.05, 4.69) is 0 Å². The summed E-state index contributed by atoms with van der Waals surface area (Å²) >= 11 is 0. The third kappa shape index (κ3) is 3.02. The van der Waals surface area contributed by atoms with Crippen molar-refractivity contribution in [3.05, 3.63) is 29.3 Å². The van der Waals surface area contributed by atoms with Crippen LogP contribution in [0, 0.1) is 6.92 Å². The Morgan fingerprint density at radius 3 is 2.38 bits per heavy atom. The number of halogens is 4. The lowest BCUT2D eigenvalue weighted by Crippen LogP contribution is -2.28. The molecular weight excluding hydrogens is 314 g/mol. The molecular formula is C12H11F4NO3S. The number of carbonyl (C=O) groups is 1. The first-order valence-corrected chi connectivity index (χ1v) is 7.37. The Morgan fingerprint density at radius 2 is 1.90 bits per heavy atom. The number of carbonyl (C=O) groups excluding carboxylic acids is 1. The van der Waals surface area contributed by atoms with Crippen molar-refractivity contribution in [2.45, 2.75) is 24.8 Å². The van der Waals surface area contributed by atoms with Gasteiger partial charge >= 0.3 is 16.4 Å². The molecule has 0 spiro atoms. The van der Waals surface area contributed by atoms with Crippen molar-refractivity contribution in [1.29, 1.82) is 0 Å². The number of hydrogen-bond acceptors (Lipinski definition) is 3. The fraction of sp³-hybridized carbons (Fsp3) is 0.417. The fourth-order valence-electron chi connectivity index (χ4n) is 2.32. The van der Waals surface area contributed by atoms with Crippen molar-refractivity contribution < 1.29 is 30.3 Å². The van der Waals surface area contributed by atoms with Crippen LogP contribution in [0.15, 0.2) is 18.2 Å². The van der Waals surface area contributed by atoms with Crippen LogP contribution in [-0.2, 0) is 21.2 Å². The van der Waals surface area contributed by atoms with Gasteiger partial charge in [-0.05, 0) is 24.6 Å². The van der Waals surface area contributed by atoms with E-state index in [-0.39, 0.29) is 11.3 Å². The molecule has 0 radical (unpaired) electrons. The lowest BCUT2D eigenvalue weighted by molar-refractivity contribution is -0.138. The summed E-state index contributed by atoms with van der Waals surface area (Å²) in [5.74, 6) is -0.719. The van der Waals surface area contributed by atoms with Crippen LogP contribution in [0.5, 0.6) is 0 Å². The summed E-state index contributed by atoms with van der Waals surface area (Å²) in [4.78, 5) is 12.6. The zero-order chi connectivity index (χ0) is 16.0. The van der Waals surface area contributed by atoms with E-state index >= 15 is 0 Å². The summed E-state index contributed by atoms with van der Waals surface area (Å²) < 4.78 is 73.1.